The van der Waals surface area contributed by atoms with Crippen LogP contribution >= 0.6 is 0 Å². The average molecular weight is 370 g/mol. The van der Waals surface area contributed by atoms with E-state index in [0.29, 0.717) is 23.7 Å². The number of carboxylic acid groups (broad SMARTS) is 1. The van der Waals surface area contributed by atoms with Crippen molar-refractivity contribution >= 4 is 11.9 Å². The summed E-state index contributed by atoms with van der Waals surface area (Å²) in [6, 6.07) is 10.3. The maximum absolute atomic E-state index is 12.3. The monoisotopic (exact) mass is 370 g/mol. The van der Waals surface area contributed by atoms with Crippen molar-refractivity contribution in [2.24, 2.45) is 0 Å². The highest BCUT2D eigenvalue weighted by molar-refractivity contribution is 5.93. The minimum Gasteiger partial charge on any atom is -0.482 e. The van der Waals surface area contributed by atoms with Gasteiger partial charge in [0, 0.05) is 18.8 Å². The molecule has 3 rings (SSSR count). The van der Waals surface area contributed by atoms with Crippen LogP contribution in [0.25, 0.3) is 0 Å². The van der Waals surface area contributed by atoms with Gasteiger partial charge in [-0.2, -0.15) is 0 Å². The molecule has 1 aromatic heterocycles. The van der Waals surface area contributed by atoms with E-state index in [2.05, 4.69) is 10.3 Å². The predicted octanol–water partition coefficient (Wildman–Crippen LogP) is 2.80. The molecular weight excluding hydrogens is 348 g/mol. The fourth-order valence-corrected chi connectivity index (χ4v) is 2.94. The van der Waals surface area contributed by atoms with Crippen molar-refractivity contribution in [1.82, 2.24) is 10.3 Å². The number of rotatable bonds is 8. The zero-order chi connectivity index (χ0) is 19.1. The molecule has 2 N–H and O–H groups in total. The Kier molecular flexibility index (Phi) is 6.25. The van der Waals surface area contributed by atoms with E-state index < -0.39 is 12.6 Å². The Labute approximate surface area is 157 Å². The van der Waals surface area contributed by atoms with E-state index in [1.54, 1.807) is 30.3 Å². The normalized spacial score (nSPS) is 13.9. The molecule has 0 atom stereocenters. The number of aliphatic carboxylic acids is 1. The van der Waals surface area contributed by atoms with Crippen LogP contribution in [-0.2, 0) is 11.3 Å². The number of hydrogen-bond donors (Lipinski definition) is 2. The van der Waals surface area contributed by atoms with E-state index in [4.69, 9.17) is 14.6 Å². The fraction of sp³-hybridized carbons (Fsp3) is 0.350. The van der Waals surface area contributed by atoms with Gasteiger partial charge in [-0.05, 0) is 49.4 Å². The lowest BCUT2D eigenvalue weighted by molar-refractivity contribution is -0.139. The third-order valence-corrected chi connectivity index (χ3v) is 4.30. The molecule has 1 heterocycles. The molecule has 0 saturated heterocycles. The van der Waals surface area contributed by atoms with Gasteiger partial charge in [0.15, 0.2) is 6.61 Å². The largest absolute Gasteiger partial charge is 0.482 e. The van der Waals surface area contributed by atoms with Crippen molar-refractivity contribution in [3.63, 3.8) is 0 Å². The van der Waals surface area contributed by atoms with Crippen molar-refractivity contribution in [2.75, 3.05) is 6.61 Å². The number of benzene rings is 1. The molecule has 0 bridgehead atoms. The number of aromatic nitrogens is 1. The molecule has 142 valence electrons. The summed E-state index contributed by atoms with van der Waals surface area (Å²) in [5.41, 5.74) is 1.26. The average Bonchev–Trinajstić information content (AvgIpc) is 3.18. The van der Waals surface area contributed by atoms with E-state index in [-0.39, 0.29) is 12.0 Å². The van der Waals surface area contributed by atoms with Crippen molar-refractivity contribution in [3.05, 3.63) is 53.7 Å². The lowest BCUT2D eigenvalue weighted by Gasteiger charge is -2.12. The third-order valence-electron chi connectivity index (χ3n) is 4.30. The predicted molar refractivity (Wildman–Crippen MR) is 97.9 cm³/mol. The van der Waals surface area contributed by atoms with Gasteiger partial charge in [-0.25, -0.2) is 9.78 Å². The minimum atomic E-state index is -1.04. The van der Waals surface area contributed by atoms with Crippen LogP contribution in [0, 0.1) is 0 Å². The van der Waals surface area contributed by atoms with Crippen molar-refractivity contribution in [2.45, 2.75) is 38.3 Å². The van der Waals surface area contributed by atoms with Gasteiger partial charge in [-0.3, -0.25) is 4.79 Å². The molecule has 1 aromatic carbocycles. The summed E-state index contributed by atoms with van der Waals surface area (Å²) in [5, 5.41) is 11.5. The first kappa shape index (κ1) is 18.7. The van der Waals surface area contributed by atoms with Crippen LogP contribution in [0.1, 0.15) is 41.6 Å². The Morgan fingerprint density at radius 1 is 1.19 bits per heavy atom. The van der Waals surface area contributed by atoms with Crippen LogP contribution in [0.15, 0.2) is 42.6 Å². The number of carboxylic acids is 1. The molecule has 1 amide bonds. The van der Waals surface area contributed by atoms with E-state index >= 15 is 0 Å². The van der Waals surface area contributed by atoms with Crippen molar-refractivity contribution in [3.8, 4) is 11.6 Å². The molecule has 1 fully saturated rings. The Morgan fingerprint density at radius 3 is 2.70 bits per heavy atom. The summed E-state index contributed by atoms with van der Waals surface area (Å²) in [6.07, 6.45) is 6.22. The minimum absolute atomic E-state index is 0.229. The highest BCUT2D eigenvalue weighted by Gasteiger charge is 2.17. The maximum atomic E-state index is 12.3. The van der Waals surface area contributed by atoms with Gasteiger partial charge >= 0.3 is 5.97 Å². The summed E-state index contributed by atoms with van der Waals surface area (Å²) < 4.78 is 10.9. The van der Waals surface area contributed by atoms with Gasteiger partial charge in [0.25, 0.3) is 5.91 Å². The zero-order valence-corrected chi connectivity index (χ0v) is 14.9. The molecule has 2 aromatic rings. The van der Waals surface area contributed by atoms with Crippen molar-refractivity contribution in [1.29, 1.82) is 0 Å². The van der Waals surface area contributed by atoms with Gasteiger partial charge in [-0.15, -0.1) is 0 Å². The van der Waals surface area contributed by atoms with Gasteiger partial charge in [0.05, 0.1) is 5.56 Å². The van der Waals surface area contributed by atoms with Gasteiger partial charge < -0.3 is 19.9 Å². The Balaban J connectivity index is 1.51. The van der Waals surface area contributed by atoms with E-state index in [1.807, 2.05) is 6.07 Å². The summed E-state index contributed by atoms with van der Waals surface area (Å²) in [6.45, 7) is -0.111. The molecule has 0 spiro atoms. The molecule has 7 heteroatoms. The molecule has 0 unspecified atom stereocenters. The molecule has 1 aliphatic carbocycles. The molecular formula is C20H22N2O5. The second-order valence-electron chi connectivity index (χ2n) is 6.42. The highest BCUT2D eigenvalue weighted by atomic mass is 16.5. The number of nitrogens with zero attached hydrogens (tertiary/aromatic N) is 1. The zero-order valence-electron chi connectivity index (χ0n) is 14.9. The maximum Gasteiger partial charge on any atom is 0.341 e. The van der Waals surface area contributed by atoms with Crippen LogP contribution in [-0.4, -0.2) is 34.7 Å². The quantitative estimate of drug-likeness (QED) is 0.741. The van der Waals surface area contributed by atoms with E-state index in [1.165, 1.54) is 19.0 Å². The molecule has 1 saturated carbocycles. The van der Waals surface area contributed by atoms with Crippen LogP contribution in [0.3, 0.4) is 0 Å². The Hall–Kier alpha value is -3.09. The first-order valence-electron chi connectivity index (χ1n) is 8.94. The summed E-state index contributed by atoms with van der Waals surface area (Å²) in [7, 11) is 0. The number of ether oxygens (including phenoxy) is 2. The molecule has 0 radical (unpaired) electrons. The number of nitrogens with one attached hydrogen (secondary N) is 1. The number of hydrogen-bond acceptors (Lipinski definition) is 5. The van der Waals surface area contributed by atoms with Gasteiger partial charge in [-0.1, -0.05) is 12.1 Å². The number of carbonyl (C=O) groups is 2. The SMILES string of the molecule is O=C(O)COc1cccc(CNC(=O)c2ccc(OC3CCCC3)nc2)c1. The molecule has 7 nitrogen and oxygen atoms in total. The second-order valence-corrected chi connectivity index (χ2v) is 6.42. The van der Waals surface area contributed by atoms with Gasteiger partial charge in [0.1, 0.15) is 11.9 Å². The third kappa shape index (κ3) is 5.70. The first-order chi connectivity index (χ1) is 13.1. The second kappa shape index (κ2) is 9.02. The van der Waals surface area contributed by atoms with Gasteiger partial charge in [0.2, 0.25) is 5.88 Å². The summed E-state index contributed by atoms with van der Waals surface area (Å²) >= 11 is 0. The summed E-state index contributed by atoms with van der Waals surface area (Å²) in [5.74, 6) is -0.297. The Morgan fingerprint density at radius 2 is 2.00 bits per heavy atom. The number of pyridine rings is 1. The standard InChI is InChI=1S/C20H22N2O5/c23-19(24)13-26-17-7-3-4-14(10-17)11-22-20(25)15-8-9-18(21-12-15)27-16-5-1-2-6-16/h3-4,7-10,12,16H,1-2,5-6,11,13H2,(H,22,25)(H,23,24). The lowest BCUT2D eigenvalue weighted by atomic mass is 10.2. The van der Waals surface area contributed by atoms with Crippen LogP contribution in [0.4, 0.5) is 0 Å². The lowest BCUT2D eigenvalue weighted by Crippen LogP contribution is -2.23. The Bertz CT molecular complexity index is 785. The molecule has 1 aliphatic rings. The van der Waals surface area contributed by atoms with Crippen LogP contribution in [0.5, 0.6) is 11.6 Å². The highest BCUT2D eigenvalue weighted by Crippen LogP contribution is 2.22. The van der Waals surface area contributed by atoms with E-state index in [0.717, 1.165) is 18.4 Å². The topological polar surface area (TPSA) is 97.8 Å². The van der Waals surface area contributed by atoms with Crippen LogP contribution in [0.2, 0.25) is 0 Å². The number of amides is 1. The van der Waals surface area contributed by atoms with E-state index in [9.17, 15) is 9.59 Å². The first-order valence-corrected chi connectivity index (χ1v) is 8.94. The van der Waals surface area contributed by atoms with Crippen molar-refractivity contribution < 1.29 is 24.2 Å². The smallest absolute Gasteiger partial charge is 0.341 e. The molecule has 27 heavy (non-hydrogen) atoms. The fourth-order valence-electron chi connectivity index (χ4n) is 2.94. The van der Waals surface area contributed by atoms with Crippen LogP contribution < -0.4 is 14.8 Å². The molecule has 0 aliphatic heterocycles. The number of carbonyl (C=O) groups excluding carboxylic acids is 1. The summed E-state index contributed by atoms with van der Waals surface area (Å²) in [4.78, 5) is 27.0.